The first-order valence-corrected chi connectivity index (χ1v) is 15.5. The van der Waals surface area contributed by atoms with Crippen molar-refractivity contribution in [2.75, 3.05) is 45.9 Å². The van der Waals surface area contributed by atoms with E-state index in [0.717, 1.165) is 31.2 Å². The van der Waals surface area contributed by atoms with Crippen molar-refractivity contribution in [3.8, 4) is 17.6 Å². The normalized spacial score (nSPS) is 13.7. The number of hydrogen-bond donors (Lipinski definition) is 5. The molecule has 0 bridgehead atoms. The lowest BCUT2D eigenvalue weighted by Crippen LogP contribution is -2.48. The van der Waals surface area contributed by atoms with Gasteiger partial charge in [-0.3, -0.25) is 19.8 Å². The van der Waals surface area contributed by atoms with Crippen molar-refractivity contribution in [1.29, 1.82) is 0 Å². The average Bonchev–Trinajstić information content (AvgIpc) is 3.08. The SMILES string of the molecule is NC(=O)c1cc(C#CCCN(O)C(N)=O)ccc1OCCN1CCN([C@H](c2ccccc2)c2ccc(Cl)cc2)CC1.O=C(O)/C=C/C(=O)O. The standard InChI is InChI=1S/C31H34ClN5O4.C4H4O4/c32-26-12-10-25(11-13-26)29(24-7-2-1-3-8-24)36-18-16-35(17-19-36)20-21-41-28-14-9-23(22-27(28)30(33)38)6-4-5-15-37(40)31(34)39;5-3(6)1-2-4(7)8/h1-3,7-14,22,29,40H,5,15-21H2,(H2,33,38)(H2,34,39);1-2H,(H,5,6)(H,7,8)/b;2-1+/t29-;/m1./s1. The van der Waals surface area contributed by atoms with Crippen LogP contribution in [0.3, 0.4) is 0 Å². The first-order chi connectivity index (χ1) is 23.4. The highest BCUT2D eigenvalue weighted by molar-refractivity contribution is 6.30. The minimum Gasteiger partial charge on any atom is -0.491 e. The number of carbonyl (C=O) groups excluding carboxylic acids is 2. The third-order valence-corrected chi connectivity index (χ3v) is 7.54. The molecule has 49 heavy (non-hydrogen) atoms. The zero-order valence-corrected chi connectivity index (χ0v) is 27.3. The van der Waals surface area contributed by atoms with Crippen LogP contribution < -0.4 is 16.2 Å². The molecule has 1 heterocycles. The van der Waals surface area contributed by atoms with Gasteiger partial charge in [-0.15, -0.1) is 0 Å². The summed E-state index contributed by atoms with van der Waals surface area (Å²) in [6, 6.07) is 22.8. The van der Waals surface area contributed by atoms with Gasteiger partial charge in [-0.1, -0.05) is 65.9 Å². The number of nitrogens with zero attached hydrogens (tertiary/aromatic N) is 3. The highest BCUT2D eigenvalue weighted by Gasteiger charge is 2.26. The van der Waals surface area contributed by atoms with Crippen LogP contribution in [-0.2, 0) is 9.59 Å². The molecule has 13 nitrogen and oxygen atoms in total. The molecular weight excluding hydrogens is 654 g/mol. The maximum atomic E-state index is 12.1. The largest absolute Gasteiger partial charge is 0.491 e. The Balaban J connectivity index is 0.000000723. The molecular formula is C35H38ClN5O8. The lowest BCUT2D eigenvalue weighted by atomic mass is 9.96. The van der Waals surface area contributed by atoms with E-state index in [1.807, 2.05) is 18.2 Å². The van der Waals surface area contributed by atoms with Gasteiger partial charge < -0.3 is 26.4 Å². The van der Waals surface area contributed by atoms with E-state index in [1.165, 1.54) is 11.1 Å². The maximum Gasteiger partial charge on any atom is 0.338 e. The minimum absolute atomic E-state index is 0.0193. The Kier molecular flexibility index (Phi) is 15.1. The van der Waals surface area contributed by atoms with Gasteiger partial charge in [0.1, 0.15) is 12.4 Å². The molecule has 1 aliphatic rings. The van der Waals surface area contributed by atoms with Crippen molar-refractivity contribution in [1.82, 2.24) is 14.9 Å². The fourth-order valence-electron chi connectivity index (χ4n) is 4.93. The van der Waals surface area contributed by atoms with Crippen LogP contribution >= 0.6 is 11.6 Å². The van der Waals surface area contributed by atoms with Crippen molar-refractivity contribution in [3.05, 3.63) is 112 Å². The Hall–Kier alpha value is -5.39. The molecule has 0 spiro atoms. The van der Waals surface area contributed by atoms with Crippen molar-refractivity contribution >= 4 is 35.5 Å². The van der Waals surface area contributed by atoms with Crippen LogP contribution in [0.5, 0.6) is 5.75 Å². The van der Waals surface area contributed by atoms with Crippen LogP contribution in [0.1, 0.15) is 39.5 Å². The number of benzene rings is 3. The molecule has 14 heteroatoms. The van der Waals surface area contributed by atoms with Crippen LogP contribution in [0.15, 0.2) is 84.9 Å². The molecule has 0 aliphatic carbocycles. The molecule has 0 saturated carbocycles. The Morgan fingerprint density at radius 3 is 2.08 bits per heavy atom. The van der Waals surface area contributed by atoms with E-state index in [9.17, 15) is 24.4 Å². The first-order valence-electron chi connectivity index (χ1n) is 15.2. The highest BCUT2D eigenvalue weighted by atomic mass is 35.5. The molecule has 1 atom stereocenters. The molecule has 0 aromatic heterocycles. The molecule has 0 unspecified atom stereocenters. The number of halogens is 1. The van der Waals surface area contributed by atoms with E-state index >= 15 is 0 Å². The van der Waals surface area contributed by atoms with Gasteiger partial charge in [-0.25, -0.2) is 19.4 Å². The summed E-state index contributed by atoms with van der Waals surface area (Å²) >= 11 is 6.15. The summed E-state index contributed by atoms with van der Waals surface area (Å²) in [6.07, 6.45) is 1.33. The molecule has 1 saturated heterocycles. The average molecular weight is 692 g/mol. The number of hydrogen-bond acceptors (Lipinski definition) is 8. The van der Waals surface area contributed by atoms with Crippen molar-refractivity contribution in [2.45, 2.75) is 12.5 Å². The number of carboxylic acid groups (broad SMARTS) is 2. The Bertz CT molecular complexity index is 1650. The topological polar surface area (TPSA) is 200 Å². The van der Waals surface area contributed by atoms with Crippen LogP contribution in [0.4, 0.5) is 4.79 Å². The first kappa shape index (κ1) is 38.1. The lowest BCUT2D eigenvalue weighted by molar-refractivity contribution is -0.134. The third-order valence-electron chi connectivity index (χ3n) is 7.29. The summed E-state index contributed by atoms with van der Waals surface area (Å²) in [5, 5.41) is 26.0. The number of primary amides is 2. The number of piperazine rings is 1. The summed E-state index contributed by atoms with van der Waals surface area (Å²) in [6.45, 7) is 4.67. The van der Waals surface area contributed by atoms with Gasteiger partial charge in [0.15, 0.2) is 0 Å². The number of ether oxygens (including phenoxy) is 1. The summed E-state index contributed by atoms with van der Waals surface area (Å²) in [4.78, 5) is 46.9. The second kappa shape index (κ2) is 19.4. The van der Waals surface area contributed by atoms with E-state index in [1.54, 1.807) is 18.2 Å². The highest BCUT2D eigenvalue weighted by Crippen LogP contribution is 2.30. The number of carbonyl (C=O) groups is 4. The molecule has 1 fully saturated rings. The molecule has 3 amide bonds. The summed E-state index contributed by atoms with van der Waals surface area (Å²) in [5.74, 6) is 2.99. The Morgan fingerprint density at radius 2 is 1.51 bits per heavy atom. The second-order valence-corrected chi connectivity index (χ2v) is 11.1. The van der Waals surface area contributed by atoms with E-state index < -0.39 is 23.9 Å². The van der Waals surface area contributed by atoms with Crippen molar-refractivity contribution in [3.63, 3.8) is 0 Å². The van der Waals surface area contributed by atoms with Crippen molar-refractivity contribution in [2.24, 2.45) is 11.5 Å². The van der Waals surface area contributed by atoms with E-state index in [2.05, 4.69) is 58.0 Å². The summed E-state index contributed by atoms with van der Waals surface area (Å²) < 4.78 is 5.96. The van der Waals surface area contributed by atoms with Gasteiger partial charge in [-0.05, 0) is 41.5 Å². The number of amides is 3. The zero-order chi connectivity index (χ0) is 35.8. The van der Waals surface area contributed by atoms with Gasteiger partial charge >= 0.3 is 18.0 Å². The summed E-state index contributed by atoms with van der Waals surface area (Å²) in [5.41, 5.74) is 13.8. The fourth-order valence-corrected chi connectivity index (χ4v) is 5.06. The Morgan fingerprint density at radius 1 is 0.898 bits per heavy atom. The van der Waals surface area contributed by atoms with Crippen molar-refractivity contribution < 1.29 is 39.3 Å². The van der Waals surface area contributed by atoms with Crippen LogP contribution in [-0.4, -0.2) is 100 Å². The van der Waals surface area contributed by atoms with E-state index in [4.69, 9.17) is 38.0 Å². The minimum atomic E-state index is -1.26. The van der Waals surface area contributed by atoms with Crippen LogP contribution in [0.25, 0.3) is 0 Å². The van der Waals surface area contributed by atoms with Crippen LogP contribution in [0, 0.1) is 11.8 Å². The van der Waals surface area contributed by atoms with E-state index in [0.29, 0.717) is 41.7 Å². The molecule has 7 N–H and O–H groups in total. The smallest absolute Gasteiger partial charge is 0.338 e. The van der Waals surface area contributed by atoms with Gasteiger partial charge in [0.25, 0.3) is 5.91 Å². The predicted molar refractivity (Wildman–Crippen MR) is 182 cm³/mol. The zero-order valence-electron chi connectivity index (χ0n) is 26.6. The number of carboxylic acids is 2. The third kappa shape index (κ3) is 13.0. The van der Waals surface area contributed by atoms with Gasteiger partial charge in [-0.2, -0.15) is 0 Å². The quantitative estimate of drug-likeness (QED) is 0.0811. The number of aliphatic carboxylic acids is 2. The number of nitrogens with two attached hydrogens (primary N) is 2. The van der Waals surface area contributed by atoms with Crippen LogP contribution in [0.2, 0.25) is 5.02 Å². The molecule has 3 aromatic rings. The van der Waals surface area contributed by atoms with Gasteiger partial charge in [0, 0.05) is 61.9 Å². The molecule has 3 aromatic carbocycles. The molecule has 258 valence electrons. The fraction of sp³-hybridized carbons (Fsp3) is 0.257. The maximum absolute atomic E-state index is 12.1. The number of urea groups is 1. The second-order valence-electron chi connectivity index (χ2n) is 10.7. The monoisotopic (exact) mass is 691 g/mol. The molecule has 4 rings (SSSR count). The van der Waals surface area contributed by atoms with Gasteiger partial charge in [0.2, 0.25) is 0 Å². The number of rotatable bonds is 12. The molecule has 1 aliphatic heterocycles. The number of hydroxylamine groups is 2. The van der Waals surface area contributed by atoms with E-state index in [-0.39, 0.29) is 24.6 Å². The Labute approximate surface area is 288 Å². The summed E-state index contributed by atoms with van der Waals surface area (Å²) in [7, 11) is 0. The predicted octanol–water partition coefficient (Wildman–Crippen LogP) is 3.45. The lowest BCUT2D eigenvalue weighted by Gasteiger charge is -2.39. The van der Waals surface area contributed by atoms with Gasteiger partial charge in [0.05, 0.1) is 18.2 Å². The molecule has 0 radical (unpaired) electrons.